The van der Waals surface area contributed by atoms with E-state index in [0.29, 0.717) is 18.1 Å². The summed E-state index contributed by atoms with van der Waals surface area (Å²) in [6.07, 6.45) is 5.24. The van der Waals surface area contributed by atoms with Gasteiger partial charge in [-0.1, -0.05) is 6.92 Å². The molecule has 0 spiro atoms. The van der Waals surface area contributed by atoms with Crippen molar-refractivity contribution in [1.82, 2.24) is 10.6 Å². The summed E-state index contributed by atoms with van der Waals surface area (Å²) in [5, 5.41) is 7.41. The minimum atomic E-state index is 0.432. The predicted octanol–water partition coefficient (Wildman–Crippen LogP) is 1.43. The van der Waals surface area contributed by atoms with Crippen LogP contribution in [0.3, 0.4) is 0 Å². The first kappa shape index (κ1) is 11.1. The molecule has 2 rings (SSSR count). The molecule has 0 aromatic rings. The van der Waals surface area contributed by atoms with Crippen molar-refractivity contribution >= 4 is 17.3 Å². The largest absolute Gasteiger partial charge is 0.378 e. The molecular formula is C11H20N2OS. The second-order valence-corrected chi connectivity index (χ2v) is 4.90. The summed E-state index contributed by atoms with van der Waals surface area (Å²) in [5.74, 6) is 0.633. The van der Waals surface area contributed by atoms with Crippen LogP contribution in [-0.4, -0.2) is 30.4 Å². The lowest BCUT2D eigenvalue weighted by atomic mass is 10.00. The molecule has 1 heterocycles. The molecule has 1 aliphatic carbocycles. The summed E-state index contributed by atoms with van der Waals surface area (Å²) in [4.78, 5) is 0. The van der Waals surface area contributed by atoms with Gasteiger partial charge in [0, 0.05) is 25.1 Å². The smallest absolute Gasteiger partial charge is 0.166 e. The van der Waals surface area contributed by atoms with Gasteiger partial charge >= 0.3 is 0 Å². The van der Waals surface area contributed by atoms with Crippen molar-refractivity contribution in [2.24, 2.45) is 5.92 Å². The molecule has 86 valence electrons. The summed E-state index contributed by atoms with van der Waals surface area (Å²) < 4.78 is 5.64. The van der Waals surface area contributed by atoms with Crippen molar-refractivity contribution in [1.29, 1.82) is 0 Å². The first-order valence-electron chi connectivity index (χ1n) is 5.95. The van der Waals surface area contributed by atoms with Crippen LogP contribution in [0, 0.1) is 5.92 Å². The van der Waals surface area contributed by atoms with Crippen molar-refractivity contribution < 1.29 is 4.74 Å². The maximum Gasteiger partial charge on any atom is 0.166 e. The third-order valence-corrected chi connectivity index (χ3v) is 3.45. The van der Waals surface area contributed by atoms with Crippen molar-refractivity contribution in [3.05, 3.63) is 0 Å². The van der Waals surface area contributed by atoms with Gasteiger partial charge in [0.15, 0.2) is 5.11 Å². The van der Waals surface area contributed by atoms with Gasteiger partial charge in [0.2, 0.25) is 0 Å². The predicted molar refractivity (Wildman–Crippen MR) is 64.9 cm³/mol. The maximum atomic E-state index is 5.64. The third-order valence-electron chi connectivity index (χ3n) is 3.19. The topological polar surface area (TPSA) is 33.3 Å². The van der Waals surface area contributed by atoms with Crippen molar-refractivity contribution in [2.45, 2.75) is 44.8 Å². The number of rotatable bonds is 4. The number of hydrogen-bond acceptors (Lipinski definition) is 2. The molecule has 2 atom stereocenters. The highest BCUT2D eigenvalue weighted by molar-refractivity contribution is 7.80. The zero-order valence-electron chi connectivity index (χ0n) is 9.29. The number of ether oxygens (including phenoxy) is 1. The van der Waals surface area contributed by atoms with Gasteiger partial charge in [0.1, 0.15) is 0 Å². The highest BCUT2D eigenvalue weighted by Gasteiger charge is 2.27. The number of nitrogens with one attached hydrogen (secondary N) is 2. The van der Waals surface area contributed by atoms with Gasteiger partial charge in [-0.15, -0.1) is 0 Å². The second kappa shape index (κ2) is 5.12. The summed E-state index contributed by atoms with van der Waals surface area (Å²) >= 11 is 5.22. The van der Waals surface area contributed by atoms with Crippen LogP contribution in [0.15, 0.2) is 0 Å². The molecular weight excluding hydrogens is 208 g/mol. The standard InChI is InChI=1S/C11H20N2OS/c1-2-10-8(5-6-14-10)7-12-11(15)13-9-3-4-9/h8-10H,2-7H2,1H3,(H2,12,13,15). The molecule has 15 heavy (non-hydrogen) atoms. The zero-order chi connectivity index (χ0) is 10.7. The van der Waals surface area contributed by atoms with Gasteiger partial charge in [-0.05, 0) is 37.9 Å². The minimum absolute atomic E-state index is 0.432. The number of hydrogen-bond donors (Lipinski definition) is 2. The Balaban J connectivity index is 1.65. The zero-order valence-corrected chi connectivity index (χ0v) is 10.1. The van der Waals surface area contributed by atoms with E-state index in [0.717, 1.165) is 31.1 Å². The molecule has 0 bridgehead atoms. The fraction of sp³-hybridized carbons (Fsp3) is 0.909. The molecule has 1 saturated heterocycles. The van der Waals surface area contributed by atoms with E-state index in [1.165, 1.54) is 12.8 Å². The quantitative estimate of drug-likeness (QED) is 0.713. The van der Waals surface area contributed by atoms with E-state index in [-0.39, 0.29) is 0 Å². The monoisotopic (exact) mass is 228 g/mol. The molecule has 1 saturated carbocycles. The average molecular weight is 228 g/mol. The first-order valence-corrected chi connectivity index (χ1v) is 6.36. The molecule has 1 aliphatic heterocycles. The Kier molecular flexibility index (Phi) is 3.81. The molecule has 2 aliphatic rings. The van der Waals surface area contributed by atoms with Crippen molar-refractivity contribution in [3.8, 4) is 0 Å². The molecule has 2 fully saturated rings. The van der Waals surface area contributed by atoms with Crippen molar-refractivity contribution in [3.63, 3.8) is 0 Å². The Morgan fingerprint density at radius 1 is 1.40 bits per heavy atom. The molecule has 3 nitrogen and oxygen atoms in total. The lowest BCUT2D eigenvalue weighted by molar-refractivity contribution is 0.0883. The van der Waals surface area contributed by atoms with Gasteiger partial charge in [-0.2, -0.15) is 0 Å². The third kappa shape index (κ3) is 3.31. The Hall–Kier alpha value is -0.350. The lowest BCUT2D eigenvalue weighted by Crippen LogP contribution is -2.40. The Bertz CT molecular complexity index is 231. The van der Waals surface area contributed by atoms with Crippen LogP contribution in [0.25, 0.3) is 0 Å². The van der Waals surface area contributed by atoms with Crippen LogP contribution in [0.4, 0.5) is 0 Å². The molecule has 0 aromatic carbocycles. The fourth-order valence-corrected chi connectivity index (χ4v) is 2.32. The fourth-order valence-electron chi connectivity index (χ4n) is 2.07. The van der Waals surface area contributed by atoms with Crippen LogP contribution < -0.4 is 10.6 Å². The second-order valence-electron chi connectivity index (χ2n) is 4.49. The van der Waals surface area contributed by atoms with E-state index in [1.807, 2.05) is 0 Å². The highest BCUT2D eigenvalue weighted by atomic mass is 32.1. The normalized spacial score (nSPS) is 30.2. The molecule has 2 N–H and O–H groups in total. The van der Waals surface area contributed by atoms with Gasteiger partial charge in [0.05, 0.1) is 6.10 Å². The first-order chi connectivity index (χ1) is 7.29. The van der Waals surface area contributed by atoms with Crippen LogP contribution in [0.1, 0.15) is 32.6 Å². The van der Waals surface area contributed by atoms with E-state index in [4.69, 9.17) is 17.0 Å². The average Bonchev–Trinajstić information content (AvgIpc) is 2.92. The summed E-state index contributed by atoms with van der Waals surface area (Å²) in [7, 11) is 0. The Morgan fingerprint density at radius 3 is 2.87 bits per heavy atom. The van der Waals surface area contributed by atoms with Crippen molar-refractivity contribution in [2.75, 3.05) is 13.2 Å². The molecule has 4 heteroatoms. The van der Waals surface area contributed by atoms with Crippen LogP contribution in [0.2, 0.25) is 0 Å². The van der Waals surface area contributed by atoms with E-state index in [2.05, 4.69) is 17.6 Å². The number of thiocarbonyl (C=S) groups is 1. The van der Waals surface area contributed by atoms with E-state index < -0.39 is 0 Å². The lowest BCUT2D eigenvalue weighted by Gasteiger charge is -2.18. The molecule has 2 unspecified atom stereocenters. The van der Waals surface area contributed by atoms with Gasteiger partial charge < -0.3 is 15.4 Å². The van der Waals surface area contributed by atoms with Gasteiger partial charge in [-0.25, -0.2) is 0 Å². The van der Waals surface area contributed by atoms with Crippen LogP contribution >= 0.6 is 12.2 Å². The van der Waals surface area contributed by atoms with Crippen LogP contribution in [0.5, 0.6) is 0 Å². The highest BCUT2D eigenvalue weighted by Crippen LogP contribution is 2.22. The Labute approximate surface area is 96.9 Å². The molecule has 0 amide bonds. The SMILES string of the molecule is CCC1OCCC1CNC(=S)NC1CC1. The molecule has 0 aromatic heterocycles. The van der Waals surface area contributed by atoms with E-state index in [1.54, 1.807) is 0 Å². The molecule has 0 radical (unpaired) electrons. The summed E-state index contributed by atoms with van der Waals surface area (Å²) in [6, 6.07) is 0.645. The van der Waals surface area contributed by atoms with E-state index >= 15 is 0 Å². The van der Waals surface area contributed by atoms with Gasteiger partial charge in [-0.3, -0.25) is 0 Å². The summed E-state index contributed by atoms with van der Waals surface area (Å²) in [5.41, 5.74) is 0. The van der Waals surface area contributed by atoms with E-state index in [9.17, 15) is 0 Å². The summed E-state index contributed by atoms with van der Waals surface area (Å²) in [6.45, 7) is 4.05. The Morgan fingerprint density at radius 2 is 2.20 bits per heavy atom. The minimum Gasteiger partial charge on any atom is -0.378 e. The van der Waals surface area contributed by atoms with Gasteiger partial charge in [0.25, 0.3) is 0 Å². The van der Waals surface area contributed by atoms with Crippen LogP contribution in [-0.2, 0) is 4.74 Å². The maximum absolute atomic E-state index is 5.64.